The number of amides is 2. The van der Waals surface area contributed by atoms with E-state index in [4.69, 9.17) is 0 Å². The molecule has 1 atom stereocenters. The molecule has 0 saturated carbocycles. The Morgan fingerprint density at radius 3 is 2.46 bits per heavy atom. The van der Waals surface area contributed by atoms with Crippen LogP contribution in [0.4, 0.5) is 8.78 Å². The fraction of sp³-hybridized carbons (Fsp3) is 0.529. The summed E-state index contributed by atoms with van der Waals surface area (Å²) < 4.78 is 26.2. The third-order valence-corrected chi connectivity index (χ3v) is 3.53. The van der Waals surface area contributed by atoms with Gasteiger partial charge < -0.3 is 15.7 Å². The maximum Gasteiger partial charge on any atom is 0.254 e. The molecule has 0 aliphatic carbocycles. The first kappa shape index (κ1) is 20.0. The summed E-state index contributed by atoms with van der Waals surface area (Å²) in [6.45, 7) is 5.95. The molecule has 0 spiro atoms. The summed E-state index contributed by atoms with van der Waals surface area (Å²) in [6, 6.07) is 2.72. The molecule has 0 saturated heterocycles. The highest BCUT2D eigenvalue weighted by Gasteiger charge is 2.22. The van der Waals surface area contributed by atoms with Gasteiger partial charge in [-0.25, -0.2) is 8.78 Å². The van der Waals surface area contributed by atoms with Crippen LogP contribution in [0.2, 0.25) is 0 Å². The fourth-order valence-corrected chi connectivity index (χ4v) is 1.82. The van der Waals surface area contributed by atoms with Crippen LogP contribution in [-0.2, 0) is 4.79 Å². The molecule has 24 heavy (non-hydrogen) atoms. The lowest BCUT2D eigenvalue weighted by molar-refractivity contribution is -0.122. The first-order valence-corrected chi connectivity index (χ1v) is 7.79. The molecule has 2 amide bonds. The lowest BCUT2D eigenvalue weighted by atomic mass is 9.89. The van der Waals surface area contributed by atoms with E-state index in [0.717, 1.165) is 12.1 Å². The molecule has 1 rings (SSSR count). The molecule has 0 aliphatic rings. The van der Waals surface area contributed by atoms with Gasteiger partial charge in [-0.1, -0.05) is 20.8 Å². The number of carbonyl (C=O) groups is 2. The summed E-state index contributed by atoms with van der Waals surface area (Å²) in [5, 5.41) is 14.9. The third kappa shape index (κ3) is 6.62. The van der Waals surface area contributed by atoms with Gasteiger partial charge in [-0.3, -0.25) is 9.59 Å². The Kier molecular flexibility index (Phi) is 7.28. The summed E-state index contributed by atoms with van der Waals surface area (Å²) in [7, 11) is 0. The molecule has 1 unspecified atom stereocenters. The monoisotopic (exact) mass is 342 g/mol. The predicted octanol–water partition coefficient (Wildman–Crippen LogP) is 2.00. The Morgan fingerprint density at radius 2 is 1.88 bits per heavy atom. The van der Waals surface area contributed by atoms with Crippen LogP contribution in [0.15, 0.2) is 18.2 Å². The van der Waals surface area contributed by atoms with Crippen molar-refractivity contribution in [2.45, 2.75) is 39.7 Å². The molecular weight excluding hydrogens is 318 g/mol. The Labute approximate surface area is 140 Å². The first-order valence-electron chi connectivity index (χ1n) is 7.79. The van der Waals surface area contributed by atoms with Gasteiger partial charge in [-0.2, -0.15) is 0 Å². The minimum absolute atomic E-state index is 0.162. The average molecular weight is 342 g/mol. The normalized spacial score (nSPS) is 12.6. The van der Waals surface area contributed by atoms with E-state index in [-0.39, 0.29) is 36.4 Å². The van der Waals surface area contributed by atoms with E-state index < -0.39 is 23.6 Å². The van der Waals surface area contributed by atoms with Crippen LogP contribution in [0.3, 0.4) is 0 Å². The van der Waals surface area contributed by atoms with Crippen molar-refractivity contribution in [1.29, 1.82) is 0 Å². The number of carbonyl (C=O) groups excluding carboxylic acids is 2. The van der Waals surface area contributed by atoms with E-state index in [1.807, 2.05) is 20.8 Å². The number of rotatable bonds is 7. The van der Waals surface area contributed by atoms with Gasteiger partial charge in [0.1, 0.15) is 11.6 Å². The lowest BCUT2D eigenvalue weighted by Gasteiger charge is -2.25. The van der Waals surface area contributed by atoms with Gasteiger partial charge in [0.15, 0.2) is 0 Å². The van der Waals surface area contributed by atoms with Crippen LogP contribution in [0.25, 0.3) is 0 Å². The van der Waals surface area contributed by atoms with Gasteiger partial charge in [-0.05, 0) is 24.0 Å². The van der Waals surface area contributed by atoms with Crippen molar-refractivity contribution < 1.29 is 23.5 Å². The molecule has 0 aliphatic heterocycles. The Balaban J connectivity index is 2.28. The van der Waals surface area contributed by atoms with Crippen LogP contribution in [-0.4, -0.2) is 36.1 Å². The summed E-state index contributed by atoms with van der Waals surface area (Å²) >= 11 is 0. The van der Waals surface area contributed by atoms with Crippen molar-refractivity contribution in [2.24, 2.45) is 5.41 Å². The zero-order chi connectivity index (χ0) is 18.3. The number of benzene rings is 1. The SMILES string of the molecule is CC(C)(C)C(O)CNC(=O)CCCNC(=O)c1ccc(F)cc1F. The van der Waals surface area contributed by atoms with Gasteiger partial charge in [-0.15, -0.1) is 0 Å². The van der Waals surface area contributed by atoms with E-state index in [0.29, 0.717) is 12.5 Å². The molecular formula is C17H24F2N2O3. The molecule has 0 heterocycles. The molecule has 0 aromatic heterocycles. The molecule has 134 valence electrons. The Bertz CT molecular complexity index is 586. The fourth-order valence-electron chi connectivity index (χ4n) is 1.82. The Hall–Kier alpha value is -2.02. The van der Waals surface area contributed by atoms with E-state index in [2.05, 4.69) is 10.6 Å². The number of hydrogen-bond acceptors (Lipinski definition) is 3. The molecule has 1 aromatic rings. The van der Waals surface area contributed by atoms with Gasteiger partial charge >= 0.3 is 0 Å². The average Bonchev–Trinajstić information content (AvgIpc) is 2.47. The van der Waals surface area contributed by atoms with Crippen molar-refractivity contribution >= 4 is 11.8 Å². The topological polar surface area (TPSA) is 78.4 Å². The van der Waals surface area contributed by atoms with Crippen molar-refractivity contribution in [1.82, 2.24) is 10.6 Å². The molecule has 5 nitrogen and oxygen atoms in total. The minimum Gasteiger partial charge on any atom is -0.391 e. The van der Waals surface area contributed by atoms with Crippen LogP contribution < -0.4 is 10.6 Å². The second-order valence-electron chi connectivity index (χ2n) is 6.67. The molecule has 7 heteroatoms. The molecule has 0 fully saturated rings. The molecule has 0 radical (unpaired) electrons. The quantitative estimate of drug-likeness (QED) is 0.663. The summed E-state index contributed by atoms with van der Waals surface area (Å²) in [6.07, 6.45) is -0.114. The molecule has 1 aromatic carbocycles. The highest BCUT2D eigenvalue weighted by atomic mass is 19.1. The highest BCUT2D eigenvalue weighted by molar-refractivity contribution is 5.94. The van der Waals surface area contributed by atoms with E-state index in [1.165, 1.54) is 0 Å². The van der Waals surface area contributed by atoms with Crippen molar-refractivity contribution in [3.8, 4) is 0 Å². The smallest absolute Gasteiger partial charge is 0.254 e. The van der Waals surface area contributed by atoms with Gasteiger partial charge in [0, 0.05) is 25.6 Å². The maximum absolute atomic E-state index is 13.4. The number of hydrogen-bond donors (Lipinski definition) is 3. The minimum atomic E-state index is -0.929. The van der Waals surface area contributed by atoms with Crippen LogP contribution >= 0.6 is 0 Å². The third-order valence-electron chi connectivity index (χ3n) is 3.53. The summed E-state index contributed by atoms with van der Waals surface area (Å²) in [5.41, 5.74) is -0.560. The van der Waals surface area contributed by atoms with Crippen LogP contribution in [0, 0.1) is 17.0 Å². The number of halogens is 2. The van der Waals surface area contributed by atoms with Crippen molar-refractivity contribution in [3.63, 3.8) is 0 Å². The first-order chi connectivity index (χ1) is 11.1. The number of aliphatic hydroxyl groups excluding tert-OH is 1. The molecule has 0 bridgehead atoms. The zero-order valence-corrected chi connectivity index (χ0v) is 14.2. The lowest BCUT2D eigenvalue weighted by Crippen LogP contribution is -2.39. The summed E-state index contributed by atoms with van der Waals surface area (Å²) in [4.78, 5) is 23.4. The standard InChI is InChI=1S/C17H24F2N2O3/c1-17(2,3)14(22)10-21-15(23)5-4-8-20-16(24)12-7-6-11(18)9-13(12)19/h6-7,9,14,22H,4-5,8,10H2,1-3H3,(H,20,24)(H,21,23). The van der Waals surface area contributed by atoms with Gasteiger partial charge in [0.25, 0.3) is 5.91 Å². The Morgan fingerprint density at radius 1 is 1.21 bits per heavy atom. The van der Waals surface area contributed by atoms with Crippen molar-refractivity contribution in [3.05, 3.63) is 35.4 Å². The van der Waals surface area contributed by atoms with E-state index in [9.17, 15) is 23.5 Å². The second kappa shape index (κ2) is 8.73. The van der Waals surface area contributed by atoms with Gasteiger partial charge in [0.2, 0.25) is 5.91 Å². The highest BCUT2D eigenvalue weighted by Crippen LogP contribution is 2.18. The maximum atomic E-state index is 13.4. The summed E-state index contributed by atoms with van der Waals surface area (Å²) in [5.74, 6) is -2.57. The second-order valence-corrected chi connectivity index (χ2v) is 6.67. The molecule has 3 N–H and O–H groups in total. The van der Waals surface area contributed by atoms with Crippen LogP contribution in [0.5, 0.6) is 0 Å². The largest absolute Gasteiger partial charge is 0.391 e. The van der Waals surface area contributed by atoms with Crippen molar-refractivity contribution in [2.75, 3.05) is 13.1 Å². The van der Waals surface area contributed by atoms with E-state index in [1.54, 1.807) is 0 Å². The number of aliphatic hydroxyl groups is 1. The zero-order valence-electron chi connectivity index (χ0n) is 14.2. The van der Waals surface area contributed by atoms with E-state index >= 15 is 0 Å². The van der Waals surface area contributed by atoms with Gasteiger partial charge in [0.05, 0.1) is 11.7 Å². The predicted molar refractivity (Wildman–Crippen MR) is 86.4 cm³/mol. The van der Waals surface area contributed by atoms with Crippen LogP contribution in [0.1, 0.15) is 44.0 Å². The number of nitrogens with one attached hydrogen (secondary N) is 2.